The van der Waals surface area contributed by atoms with Crippen molar-refractivity contribution in [1.82, 2.24) is 24.8 Å². The van der Waals surface area contributed by atoms with Crippen LogP contribution >= 0.6 is 0 Å². The van der Waals surface area contributed by atoms with E-state index in [0.717, 1.165) is 59.1 Å². The lowest BCUT2D eigenvalue weighted by molar-refractivity contribution is 0.102. The van der Waals surface area contributed by atoms with Gasteiger partial charge in [-0.2, -0.15) is 5.26 Å². The summed E-state index contributed by atoms with van der Waals surface area (Å²) >= 11 is 0. The van der Waals surface area contributed by atoms with E-state index in [2.05, 4.69) is 54.4 Å². The summed E-state index contributed by atoms with van der Waals surface area (Å²) < 4.78 is 2.28. The average Bonchev–Trinajstić information content (AvgIpc) is 3.53. The maximum atomic E-state index is 12.7. The molecule has 4 heterocycles. The number of carbonyl (C=O) groups excluding carboxylic acids is 1. The molecule has 35 heavy (non-hydrogen) atoms. The number of aromatic amines is 1. The Labute approximate surface area is 201 Å². The van der Waals surface area contributed by atoms with Gasteiger partial charge in [0.15, 0.2) is 0 Å². The number of piperidine rings is 1. The van der Waals surface area contributed by atoms with Gasteiger partial charge in [-0.1, -0.05) is 12.1 Å². The standard InChI is InChI=1S/C27H23N7O/c28-12-17-3-1-4-19(9-17)27(35)33-20-11-22-23(15-31-26(22)30-13-20)18-6-7-24-25(10-18)34(16-32-24)21-5-2-8-29-14-21/h1,3-4,6-7,9-11,13,15-16,21,29H,2,5,8,14H2,(H,30,31)(H,33,35). The molecular formula is C27H23N7O. The lowest BCUT2D eigenvalue weighted by Gasteiger charge is -2.24. The van der Waals surface area contributed by atoms with Crippen LogP contribution < -0.4 is 10.6 Å². The van der Waals surface area contributed by atoms with Crippen LogP contribution in [0.5, 0.6) is 0 Å². The quantitative estimate of drug-likeness (QED) is 0.361. The second-order valence-electron chi connectivity index (χ2n) is 8.82. The Kier molecular flexibility index (Phi) is 5.24. The Morgan fingerprint density at radius 1 is 1.17 bits per heavy atom. The lowest BCUT2D eigenvalue weighted by Crippen LogP contribution is -2.31. The highest BCUT2D eigenvalue weighted by Gasteiger charge is 2.18. The van der Waals surface area contributed by atoms with Gasteiger partial charge >= 0.3 is 0 Å². The molecule has 1 saturated heterocycles. The van der Waals surface area contributed by atoms with Crippen molar-refractivity contribution in [2.45, 2.75) is 18.9 Å². The molecule has 3 N–H and O–H groups in total. The molecule has 1 unspecified atom stereocenters. The van der Waals surface area contributed by atoms with Crippen LogP contribution in [0.2, 0.25) is 0 Å². The number of nitrogens with one attached hydrogen (secondary N) is 3. The number of benzene rings is 2. The second kappa shape index (κ2) is 8.70. The minimum absolute atomic E-state index is 0.285. The molecule has 0 aliphatic carbocycles. The van der Waals surface area contributed by atoms with Gasteiger partial charge in [-0.3, -0.25) is 4.79 Å². The number of fused-ring (bicyclic) bond motifs is 2. The smallest absolute Gasteiger partial charge is 0.255 e. The van der Waals surface area contributed by atoms with E-state index in [9.17, 15) is 4.79 Å². The normalized spacial score (nSPS) is 15.8. The van der Waals surface area contributed by atoms with Crippen molar-refractivity contribution >= 4 is 33.7 Å². The van der Waals surface area contributed by atoms with E-state index in [1.165, 1.54) is 0 Å². The predicted molar refractivity (Wildman–Crippen MR) is 135 cm³/mol. The molecule has 8 heteroatoms. The summed E-state index contributed by atoms with van der Waals surface area (Å²) in [5.41, 5.74) is 6.35. The minimum Gasteiger partial charge on any atom is -0.346 e. The SMILES string of the molecule is N#Cc1cccc(C(=O)Nc2cnc3[nH]cc(-c4ccc5ncn(C6CCCNC6)c5c4)c3c2)c1. The highest BCUT2D eigenvalue weighted by molar-refractivity contribution is 6.06. The molecule has 1 fully saturated rings. The summed E-state index contributed by atoms with van der Waals surface area (Å²) in [5, 5.41) is 16.4. The number of amides is 1. The van der Waals surface area contributed by atoms with Crippen LogP contribution in [-0.2, 0) is 0 Å². The van der Waals surface area contributed by atoms with Crippen LogP contribution in [0.1, 0.15) is 34.8 Å². The van der Waals surface area contributed by atoms with Crippen LogP contribution in [0.4, 0.5) is 5.69 Å². The summed E-state index contributed by atoms with van der Waals surface area (Å²) in [5.74, 6) is -0.285. The molecule has 1 aliphatic rings. The number of hydrogen-bond donors (Lipinski definition) is 3. The third kappa shape index (κ3) is 3.92. The van der Waals surface area contributed by atoms with Crippen LogP contribution in [0.15, 0.2) is 67.3 Å². The molecule has 8 nitrogen and oxygen atoms in total. The number of nitrogens with zero attached hydrogens (tertiary/aromatic N) is 4. The van der Waals surface area contributed by atoms with Crippen LogP contribution in [-0.4, -0.2) is 38.5 Å². The van der Waals surface area contributed by atoms with Crippen molar-refractivity contribution in [3.05, 3.63) is 78.4 Å². The zero-order valence-corrected chi connectivity index (χ0v) is 19.0. The van der Waals surface area contributed by atoms with E-state index >= 15 is 0 Å². The van der Waals surface area contributed by atoms with Gasteiger partial charge in [-0.05, 0) is 61.3 Å². The van der Waals surface area contributed by atoms with E-state index < -0.39 is 0 Å². The van der Waals surface area contributed by atoms with Crippen molar-refractivity contribution < 1.29 is 4.79 Å². The first-order valence-electron chi connectivity index (χ1n) is 11.7. The van der Waals surface area contributed by atoms with E-state index in [1.54, 1.807) is 30.5 Å². The predicted octanol–water partition coefficient (Wildman–Crippen LogP) is 4.63. The summed E-state index contributed by atoms with van der Waals surface area (Å²) in [7, 11) is 0. The largest absolute Gasteiger partial charge is 0.346 e. The van der Waals surface area contributed by atoms with Gasteiger partial charge in [0, 0.05) is 35.3 Å². The zero-order valence-electron chi connectivity index (χ0n) is 19.0. The molecule has 1 atom stereocenters. The summed E-state index contributed by atoms with van der Waals surface area (Å²) in [6, 6.07) is 17.3. The van der Waals surface area contributed by atoms with Crippen LogP contribution in [0.3, 0.4) is 0 Å². The van der Waals surface area contributed by atoms with Gasteiger partial charge in [0.1, 0.15) is 5.65 Å². The Balaban J connectivity index is 1.34. The molecule has 0 spiro atoms. The average molecular weight is 462 g/mol. The Hall–Kier alpha value is -4.48. The Bertz CT molecular complexity index is 1600. The third-order valence-electron chi connectivity index (χ3n) is 6.59. The van der Waals surface area contributed by atoms with Gasteiger partial charge in [0.2, 0.25) is 0 Å². The molecule has 0 saturated carbocycles. The third-order valence-corrected chi connectivity index (χ3v) is 6.59. The van der Waals surface area contributed by atoms with Gasteiger partial charge in [0.05, 0.1) is 40.9 Å². The fourth-order valence-electron chi connectivity index (χ4n) is 4.80. The van der Waals surface area contributed by atoms with E-state index in [-0.39, 0.29) is 5.91 Å². The summed E-state index contributed by atoms with van der Waals surface area (Å²) in [6.45, 7) is 2.02. The number of imidazole rings is 1. The van der Waals surface area contributed by atoms with Crippen molar-refractivity contribution in [1.29, 1.82) is 5.26 Å². The molecule has 1 amide bonds. The number of hydrogen-bond acceptors (Lipinski definition) is 5. The van der Waals surface area contributed by atoms with Crippen molar-refractivity contribution in [3.63, 3.8) is 0 Å². The first kappa shape index (κ1) is 21.1. The molecule has 0 bridgehead atoms. The Morgan fingerprint density at radius 2 is 2.11 bits per heavy atom. The lowest BCUT2D eigenvalue weighted by atomic mass is 10.0. The van der Waals surface area contributed by atoms with Crippen molar-refractivity contribution in [2.24, 2.45) is 0 Å². The van der Waals surface area contributed by atoms with Gasteiger partial charge in [-0.15, -0.1) is 0 Å². The molecular weight excluding hydrogens is 438 g/mol. The first-order valence-corrected chi connectivity index (χ1v) is 11.7. The first-order chi connectivity index (χ1) is 17.2. The molecule has 172 valence electrons. The number of nitriles is 1. The van der Waals surface area contributed by atoms with E-state index in [4.69, 9.17) is 5.26 Å². The number of rotatable bonds is 4. The minimum atomic E-state index is -0.285. The maximum absolute atomic E-state index is 12.7. The summed E-state index contributed by atoms with van der Waals surface area (Å²) in [4.78, 5) is 25.1. The monoisotopic (exact) mass is 461 g/mol. The van der Waals surface area contributed by atoms with Gasteiger partial charge < -0.3 is 20.2 Å². The topological polar surface area (TPSA) is 111 Å². The zero-order chi connectivity index (χ0) is 23.8. The second-order valence-corrected chi connectivity index (χ2v) is 8.82. The molecule has 1 aliphatic heterocycles. The highest BCUT2D eigenvalue weighted by atomic mass is 16.1. The fourth-order valence-corrected chi connectivity index (χ4v) is 4.80. The van der Waals surface area contributed by atoms with Crippen LogP contribution in [0, 0.1) is 11.3 Å². The highest BCUT2D eigenvalue weighted by Crippen LogP contribution is 2.32. The van der Waals surface area contributed by atoms with Crippen molar-refractivity contribution in [2.75, 3.05) is 18.4 Å². The number of aromatic nitrogens is 4. The maximum Gasteiger partial charge on any atom is 0.255 e. The van der Waals surface area contributed by atoms with Crippen LogP contribution in [0.25, 0.3) is 33.2 Å². The number of anilines is 1. The fraction of sp³-hybridized carbons (Fsp3) is 0.185. The molecule has 2 aromatic carbocycles. The molecule has 6 rings (SSSR count). The molecule has 5 aromatic rings. The van der Waals surface area contributed by atoms with Gasteiger partial charge in [0.25, 0.3) is 5.91 Å². The van der Waals surface area contributed by atoms with E-state index in [1.807, 2.05) is 18.6 Å². The van der Waals surface area contributed by atoms with E-state index in [0.29, 0.717) is 22.9 Å². The Morgan fingerprint density at radius 3 is 2.97 bits per heavy atom. The number of carbonyl (C=O) groups is 1. The molecule has 3 aromatic heterocycles. The number of H-pyrrole nitrogens is 1. The number of pyridine rings is 1. The molecule has 0 radical (unpaired) electrons. The summed E-state index contributed by atoms with van der Waals surface area (Å²) in [6.07, 6.45) is 7.82. The van der Waals surface area contributed by atoms with Crippen molar-refractivity contribution in [3.8, 4) is 17.2 Å². The van der Waals surface area contributed by atoms with Gasteiger partial charge in [-0.25, -0.2) is 9.97 Å².